The maximum Gasteiger partial charge on any atom is 0.136 e. The molecule has 3 nitrogen and oxygen atoms in total. The van der Waals surface area contributed by atoms with Gasteiger partial charge in [0.1, 0.15) is 22.6 Å². The number of halogens is 1. The van der Waals surface area contributed by atoms with Crippen LogP contribution >= 0.6 is 34.3 Å². The van der Waals surface area contributed by atoms with E-state index in [-0.39, 0.29) is 0 Å². The molecule has 26 heavy (non-hydrogen) atoms. The second-order valence-electron chi connectivity index (χ2n) is 5.37. The summed E-state index contributed by atoms with van der Waals surface area (Å²) < 4.78 is 5.85. The highest BCUT2D eigenvalue weighted by atomic mass is 35.5. The van der Waals surface area contributed by atoms with Crippen molar-refractivity contribution in [3.05, 3.63) is 75.1 Å². The van der Waals surface area contributed by atoms with Gasteiger partial charge in [-0.2, -0.15) is 5.26 Å². The van der Waals surface area contributed by atoms with Crippen molar-refractivity contribution in [2.24, 2.45) is 0 Å². The molecule has 3 aromatic heterocycles. The molecule has 3 heterocycles. The van der Waals surface area contributed by atoms with E-state index in [0.29, 0.717) is 27.1 Å². The van der Waals surface area contributed by atoms with Crippen molar-refractivity contribution in [1.29, 1.82) is 5.26 Å². The van der Waals surface area contributed by atoms with E-state index in [4.69, 9.17) is 16.0 Å². The van der Waals surface area contributed by atoms with Crippen molar-refractivity contribution < 1.29 is 4.42 Å². The highest BCUT2D eigenvalue weighted by Crippen LogP contribution is 2.32. The van der Waals surface area contributed by atoms with E-state index in [1.54, 1.807) is 17.4 Å². The average molecular weight is 395 g/mol. The summed E-state index contributed by atoms with van der Waals surface area (Å²) in [5, 5.41) is 14.8. The lowest BCUT2D eigenvalue weighted by Crippen LogP contribution is -1.80. The van der Waals surface area contributed by atoms with Gasteiger partial charge in [-0.3, -0.25) is 0 Å². The molecular weight excluding hydrogens is 384 g/mol. The van der Waals surface area contributed by atoms with Gasteiger partial charge >= 0.3 is 0 Å². The molecule has 6 heteroatoms. The lowest BCUT2D eigenvalue weighted by atomic mass is 10.2. The van der Waals surface area contributed by atoms with Crippen LogP contribution in [-0.4, -0.2) is 4.98 Å². The molecule has 0 radical (unpaired) electrons. The van der Waals surface area contributed by atoms with E-state index in [2.05, 4.69) is 11.1 Å². The van der Waals surface area contributed by atoms with Crippen LogP contribution in [0.5, 0.6) is 0 Å². The first kappa shape index (κ1) is 16.8. The number of hydrogen-bond donors (Lipinski definition) is 0. The van der Waals surface area contributed by atoms with E-state index in [9.17, 15) is 5.26 Å². The van der Waals surface area contributed by atoms with Crippen molar-refractivity contribution in [3.8, 4) is 28.0 Å². The molecule has 0 spiro atoms. The van der Waals surface area contributed by atoms with Crippen molar-refractivity contribution in [2.75, 3.05) is 0 Å². The van der Waals surface area contributed by atoms with Crippen LogP contribution < -0.4 is 0 Å². The summed E-state index contributed by atoms with van der Waals surface area (Å²) in [5.41, 5.74) is 2.18. The molecule has 0 atom stereocenters. The minimum Gasteiger partial charge on any atom is -0.457 e. The predicted octanol–water partition coefficient (Wildman–Crippen LogP) is 6.85. The van der Waals surface area contributed by atoms with Gasteiger partial charge < -0.3 is 4.42 Å². The van der Waals surface area contributed by atoms with Crippen molar-refractivity contribution in [2.45, 2.75) is 0 Å². The Bertz CT molecular complexity index is 1120. The number of benzene rings is 1. The molecule has 0 fully saturated rings. The predicted molar refractivity (Wildman–Crippen MR) is 108 cm³/mol. The molecule has 0 aliphatic rings. The molecule has 126 valence electrons. The van der Waals surface area contributed by atoms with Crippen LogP contribution in [0.4, 0.5) is 0 Å². The topological polar surface area (TPSA) is 49.8 Å². The standard InChI is InChI=1S/C20H11ClN2OS2/c21-16-5-2-1-4-15(16)18-8-7-14(24-18)10-13(11-22)20-23-17(12-26-20)19-6-3-9-25-19/h1-10,12H. The monoisotopic (exact) mass is 394 g/mol. The summed E-state index contributed by atoms with van der Waals surface area (Å²) in [6, 6.07) is 17.4. The molecular formula is C20H11ClN2OS2. The third-order valence-electron chi connectivity index (χ3n) is 3.68. The fraction of sp³-hybridized carbons (Fsp3) is 0. The Hall–Kier alpha value is -2.65. The van der Waals surface area contributed by atoms with Crippen molar-refractivity contribution in [1.82, 2.24) is 4.98 Å². The first-order valence-electron chi connectivity index (χ1n) is 7.71. The van der Waals surface area contributed by atoms with Crippen molar-refractivity contribution >= 4 is 45.9 Å². The first-order valence-corrected chi connectivity index (χ1v) is 9.84. The molecule has 1 aromatic carbocycles. The molecule has 0 unspecified atom stereocenters. The van der Waals surface area contributed by atoms with Gasteiger partial charge in [-0.25, -0.2) is 4.98 Å². The van der Waals surface area contributed by atoms with Crippen LogP contribution in [0.1, 0.15) is 10.8 Å². The van der Waals surface area contributed by atoms with Crippen LogP contribution in [0.15, 0.2) is 63.7 Å². The normalized spacial score (nSPS) is 11.5. The minimum atomic E-state index is 0.470. The number of allylic oxidation sites excluding steroid dienone is 1. The zero-order valence-electron chi connectivity index (χ0n) is 13.3. The Balaban J connectivity index is 1.65. The van der Waals surface area contributed by atoms with E-state index in [1.807, 2.05) is 59.3 Å². The molecule has 0 bridgehead atoms. The maximum absolute atomic E-state index is 9.54. The Kier molecular flexibility index (Phi) is 4.72. The van der Waals surface area contributed by atoms with Crippen LogP contribution in [0, 0.1) is 11.3 Å². The fourth-order valence-electron chi connectivity index (χ4n) is 2.46. The number of nitrogens with zero attached hydrogens (tertiary/aromatic N) is 2. The largest absolute Gasteiger partial charge is 0.457 e. The molecule has 0 saturated heterocycles. The molecule has 4 rings (SSSR count). The van der Waals surface area contributed by atoms with Gasteiger partial charge in [-0.1, -0.05) is 29.8 Å². The van der Waals surface area contributed by atoms with Gasteiger partial charge in [0.2, 0.25) is 0 Å². The summed E-state index contributed by atoms with van der Waals surface area (Å²) in [6.07, 6.45) is 1.71. The Morgan fingerprint density at radius 1 is 1.12 bits per heavy atom. The van der Waals surface area contributed by atoms with Gasteiger partial charge in [0.05, 0.1) is 21.2 Å². The molecule has 0 amide bonds. The lowest BCUT2D eigenvalue weighted by Gasteiger charge is -1.99. The highest BCUT2D eigenvalue weighted by molar-refractivity contribution is 7.14. The Labute approximate surface area is 163 Å². The fourth-order valence-corrected chi connectivity index (χ4v) is 4.23. The van der Waals surface area contributed by atoms with Crippen LogP contribution in [0.25, 0.3) is 33.5 Å². The quantitative estimate of drug-likeness (QED) is 0.355. The van der Waals surface area contributed by atoms with Crippen LogP contribution in [0.2, 0.25) is 5.02 Å². The number of nitriles is 1. The zero-order chi connectivity index (χ0) is 17.9. The van der Waals surface area contributed by atoms with Crippen LogP contribution in [0.3, 0.4) is 0 Å². The number of furan rings is 1. The molecule has 0 aliphatic carbocycles. The average Bonchev–Trinajstić information content (AvgIpc) is 3.40. The van der Waals surface area contributed by atoms with E-state index in [1.165, 1.54) is 11.3 Å². The summed E-state index contributed by atoms with van der Waals surface area (Å²) >= 11 is 9.29. The minimum absolute atomic E-state index is 0.470. The second kappa shape index (κ2) is 7.30. The number of thiophene rings is 1. The van der Waals surface area contributed by atoms with Gasteiger partial charge in [0.25, 0.3) is 0 Å². The summed E-state index contributed by atoms with van der Waals surface area (Å²) in [4.78, 5) is 5.66. The van der Waals surface area contributed by atoms with E-state index in [0.717, 1.165) is 16.1 Å². The number of hydrogen-bond acceptors (Lipinski definition) is 5. The third-order valence-corrected chi connectivity index (χ3v) is 5.78. The smallest absolute Gasteiger partial charge is 0.136 e. The van der Waals surface area contributed by atoms with Crippen molar-refractivity contribution in [3.63, 3.8) is 0 Å². The van der Waals surface area contributed by atoms with Crippen LogP contribution in [-0.2, 0) is 0 Å². The number of aromatic nitrogens is 1. The molecule has 0 saturated carbocycles. The summed E-state index contributed by atoms with van der Waals surface area (Å²) in [7, 11) is 0. The maximum atomic E-state index is 9.54. The van der Waals surface area contributed by atoms with Gasteiger partial charge in [-0.05, 0) is 35.7 Å². The zero-order valence-corrected chi connectivity index (χ0v) is 15.7. The van der Waals surface area contributed by atoms with Gasteiger partial charge in [0.15, 0.2) is 0 Å². The first-order chi connectivity index (χ1) is 12.7. The Morgan fingerprint density at radius 3 is 2.77 bits per heavy atom. The second-order valence-corrected chi connectivity index (χ2v) is 7.58. The SMILES string of the molecule is N#CC(=Cc1ccc(-c2ccccc2Cl)o1)c1nc(-c2cccs2)cs1. The molecule has 0 N–H and O–H groups in total. The number of rotatable bonds is 4. The molecule has 4 aromatic rings. The molecule has 0 aliphatic heterocycles. The third kappa shape index (κ3) is 3.35. The number of thiazole rings is 1. The van der Waals surface area contributed by atoms with E-state index < -0.39 is 0 Å². The highest BCUT2D eigenvalue weighted by Gasteiger charge is 2.12. The van der Waals surface area contributed by atoms with Gasteiger partial charge in [-0.15, -0.1) is 22.7 Å². The summed E-state index contributed by atoms with van der Waals surface area (Å²) in [6.45, 7) is 0. The Morgan fingerprint density at radius 2 is 2.00 bits per heavy atom. The lowest BCUT2D eigenvalue weighted by molar-refractivity contribution is 0.572. The van der Waals surface area contributed by atoms with Gasteiger partial charge in [0, 0.05) is 17.0 Å². The van der Waals surface area contributed by atoms with E-state index >= 15 is 0 Å². The summed E-state index contributed by atoms with van der Waals surface area (Å²) in [5.74, 6) is 1.25.